The molecule has 4 aromatic rings. The number of hydrogen-bond acceptors (Lipinski definition) is 5. The number of nitrogens with zero attached hydrogens (tertiary/aromatic N) is 1. The fourth-order valence-electron chi connectivity index (χ4n) is 3.83. The van der Waals surface area contributed by atoms with Crippen LogP contribution in [0.3, 0.4) is 0 Å². The summed E-state index contributed by atoms with van der Waals surface area (Å²) in [7, 11) is 0. The van der Waals surface area contributed by atoms with E-state index >= 15 is 0 Å². The molecule has 0 aliphatic rings. The van der Waals surface area contributed by atoms with E-state index in [1.807, 2.05) is 55.5 Å². The van der Waals surface area contributed by atoms with Gasteiger partial charge in [0.15, 0.2) is 11.5 Å². The Bertz CT molecular complexity index is 1510. The van der Waals surface area contributed by atoms with Crippen molar-refractivity contribution in [3.63, 3.8) is 0 Å². The van der Waals surface area contributed by atoms with Crippen LogP contribution in [0.15, 0.2) is 96.1 Å². The van der Waals surface area contributed by atoms with Gasteiger partial charge in [-0.25, -0.2) is 5.43 Å². The highest BCUT2D eigenvalue weighted by Gasteiger charge is 2.34. The van der Waals surface area contributed by atoms with Crippen LogP contribution in [-0.2, 0) is 19.4 Å². The normalized spacial score (nSPS) is 11.3. The van der Waals surface area contributed by atoms with Gasteiger partial charge in [0.2, 0.25) is 0 Å². The average molecular weight is 583 g/mol. The van der Waals surface area contributed by atoms with Gasteiger partial charge in [-0.2, -0.15) is 18.3 Å². The highest BCUT2D eigenvalue weighted by Crippen LogP contribution is 2.32. The number of ether oxygens (including phenoxy) is 3. The zero-order chi connectivity index (χ0) is 29.2. The van der Waals surface area contributed by atoms with Crippen LogP contribution in [0.25, 0.3) is 0 Å². The Morgan fingerprint density at radius 2 is 1.51 bits per heavy atom. The molecule has 0 aliphatic carbocycles. The lowest BCUT2D eigenvalue weighted by Crippen LogP contribution is -2.22. The third-order valence-corrected chi connectivity index (χ3v) is 5.99. The van der Waals surface area contributed by atoms with Crippen LogP contribution in [0.4, 0.5) is 13.2 Å². The molecule has 0 saturated heterocycles. The molecule has 1 N–H and O–H groups in total. The second kappa shape index (κ2) is 13.7. The van der Waals surface area contributed by atoms with Gasteiger partial charge < -0.3 is 14.2 Å². The third-order valence-electron chi connectivity index (χ3n) is 5.76. The minimum Gasteiger partial charge on any atom is -0.490 e. The first kappa shape index (κ1) is 29.5. The smallest absolute Gasteiger partial charge is 0.417 e. The highest BCUT2D eigenvalue weighted by atomic mass is 35.5. The summed E-state index contributed by atoms with van der Waals surface area (Å²) in [5, 5.41) is 4.21. The lowest BCUT2D eigenvalue weighted by atomic mass is 10.1. The molecular formula is C31H26ClF3N2O4. The van der Waals surface area contributed by atoms with Gasteiger partial charge in [-0.15, -0.1) is 0 Å². The molecule has 0 bridgehead atoms. The summed E-state index contributed by atoms with van der Waals surface area (Å²) in [6.45, 7) is 2.88. The fraction of sp³-hybridized carbons (Fsp3) is 0.161. The van der Waals surface area contributed by atoms with Gasteiger partial charge in [-0.05, 0) is 60.5 Å². The molecule has 10 heteroatoms. The second-order valence-corrected chi connectivity index (χ2v) is 9.14. The summed E-state index contributed by atoms with van der Waals surface area (Å²) in [5.41, 5.74) is 2.78. The first-order valence-electron chi connectivity index (χ1n) is 12.6. The maximum atomic E-state index is 13.3. The van der Waals surface area contributed by atoms with Crippen molar-refractivity contribution in [2.75, 3.05) is 6.61 Å². The van der Waals surface area contributed by atoms with Gasteiger partial charge in [0.25, 0.3) is 5.91 Å². The van der Waals surface area contributed by atoms with E-state index in [1.54, 1.807) is 18.2 Å². The molecule has 4 aromatic carbocycles. The van der Waals surface area contributed by atoms with Crippen LogP contribution in [0.5, 0.6) is 17.2 Å². The SMILES string of the molecule is CCOc1cc(COc2ccc(Cl)cc2/C=N/NC(=O)c2ccccc2C(F)(F)F)ccc1OCc1ccccc1. The number of benzene rings is 4. The number of rotatable bonds is 11. The molecule has 0 aromatic heterocycles. The van der Waals surface area contributed by atoms with Gasteiger partial charge >= 0.3 is 6.18 Å². The summed E-state index contributed by atoms with van der Waals surface area (Å²) < 4.78 is 57.5. The molecule has 4 rings (SSSR count). The quantitative estimate of drug-likeness (QED) is 0.145. The predicted molar refractivity (Wildman–Crippen MR) is 151 cm³/mol. The van der Waals surface area contributed by atoms with E-state index in [9.17, 15) is 18.0 Å². The molecule has 6 nitrogen and oxygen atoms in total. The minimum atomic E-state index is -4.68. The topological polar surface area (TPSA) is 69.2 Å². The van der Waals surface area contributed by atoms with Crippen molar-refractivity contribution in [1.82, 2.24) is 5.43 Å². The fourth-order valence-corrected chi connectivity index (χ4v) is 4.01. The number of halogens is 4. The molecule has 0 radical (unpaired) electrons. The van der Waals surface area contributed by atoms with Gasteiger partial charge in [-0.1, -0.05) is 60.1 Å². The van der Waals surface area contributed by atoms with Crippen LogP contribution in [0.2, 0.25) is 5.02 Å². The van der Waals surface area contributed by atoms with Crippen molar-refractivity contribution in [3.05, 3.63) is 124 Å². The van der Waals surface area contributed by atoms with Crippen LogP contribution in [0, 0.1) is 0 Å². The van der Waals surface area contributed by atoms with E-state index < -0.39 is 23.2 Å². The Balaban J connectivity index is 1.44. The Kier molecular flexibility index (Phi) is 9.86. The van der Waals surface area contributed by atoms with Gasteiger partial charge in [0.1, 0.15) is 19.0 Å². The van der Waals surface area contributed by atoms with E-state index in [1.165, 1.54) is 18.3 Å². The van der Waals surface area contributed by atoms with Gasteiger partial charge in [0.05, 0.1) is 23.9 Å². The largest absolute Gasteiger partial charge is 0.490 e. The first-order chi connectivity index (χ1) is 19.7. The molecule has 0 saturated carbocycles. The lowest BCUT2D eigenvalue weighted by molar-refractivity contribution is -0.137. The molecule has 212 valence electrons. The number of hydrogen-bond donors (Lipinski definition) is 1. The van der Waals surface area contributed by atoms with Crippen molar-refractivity contribution in [2.24, 2.45) is 5.10 Å². The predicted octanol–water partition coefficient (Wildman–Crippen LogP) is 7.68. The first-order valence-corrected chi connectivity index (χ1v) is 13.0. The molecule has 0 atom stereocenters. The van der Waals surface area contributed by atoms with Gasteiger partial charge in [0, 0.05) is 10.6 Å². The van der Waals surface area contributed by atoms with Crippen LogP contribution in [-0.4, -0.2) is 18.7 Å². The molecule has 41 heavy (non-hydrogen) atoms. The summed E-state index contributed by atoms with van der Waals surface area (Å²) in [6, 6.07) is 24.5. The van der Waals surface area contributed by atoms with E-state index in [-0.39, 0.29) is 6.61 Å². The second-order valence-electron chi connectivity index (χ2n) is 8.70. The summed E-state index contributed by atoms with van der Waals surface area (Å²) >= 11 is 6.13. The number of nitrogens with one attached hydrogen (secondary N) is 1. The molecular weight excluding hydrogens is 557 g/mol. The van der Waals surface area contributed by atoms with Crippen LogP contribution >= 0.6 is 11.6 Å². The standard InChI is InChI=1S/C31H26ClF3N2O4/c1-2-39-29-16-22(12-14-28(29)41-19-21-8-4-3-5-9-21)20-40-27-15-13-24(32)17-23(27)18-36-37-30(38)25-10-6-7-11-26(25)31(33,34)35/h3-18H,2,19-20H2,1H3,(H,37,38)/b36-18+. The van der Waals surface area contributed by atoms with Gasteiger partial charge in [-0.3, -0.25) is 4.79 Å². The number of hydrazone groups is 1. The van der Waals surface area contributed by atoms with E-state index in [0.29, 0.717) is 41.0 Å². The minimum absolute atomic E-state index is 0.160. The molecule has 0 heterocycles. The van der Waals surface area contributed by atoms with E-state index in [4.69, 9.17) is 25.8 Å². The maximum absolute atomic E-state index is 13.3. The summed E-state index contributed by atoms with van der Waals surface area (Å²) in [6.07, 6.45) is -3.43. The zero-order valence-electron chi connectivity index (χ0n) is 22.0. The summed E-state index contributed by atoms with van der Waals surface area (Å²) in [4.78, 5) is 12.4. The number of carbonyl (C=O) groups is 1. The van der Waals surface area contributed by atoms with Crippen molar-refractivity contribution in [1.29, 1.82) is 0 Å². The van der Waals surface area contributed by atoms with E-state index in [2.05, 4.69) is 10.5 Å². The maximum Gasteiger partial charge on any atom is 0.417 e. The lowest BCUT2D eigenvalue weighted by Gasteiger charge is -2.15. The van der Waals surface area contributed by atoms with Crippen LogP contribution in [0.1, 0.15) is 39.5 Å². The third kappa shape index (κ3) is 8.25. The average Bonchev–Trinajstić information content (AvgIpc) is 2.96. The Morgan fingerprint density at radius 3 is 2.27 bits per heavy atom. The van der Waals surface area contributed by atoms with E-state index in [0.717, 1.165) is 23.3 Å². The number of alkyl halides is 3. The molecule has 1 amide bonds. The van der Waals surface area contributed by atoms with Crippen molar-refractivity contribution < 1.29 is 32.2 Å². The molecule has 0 fully saturated rings. The monoisotopic (exact) mass is 582 g/mol. The van der Waals surface area contributed by atoms with Crippen molar-refractivity contribution in [3.8, 4) is 17.2 Å². The molecule has 0 unspecified atom stereocenters. The number of carbonyl (C=O) groups excluding carboxylic acids is 1. The number of amides is 1. The Hall–Kier alpha value is -4.50. The summed E-state index contributed by atoms with van der Waals surface area (Å²) in [5.74, 6) is 0.563. The molecule has 0 aliphatic heterocycles. The van der Waals surface area contributed by atoms with Crippen molar-refractivity contribution in [2.45, 2.75) is 26.3 Å². The Morgan fingerprint density at radius 1 is 0.829 bits per heavy atom. The highest BCUT2D eigenvalue weighted by molar-refractivity contribution is 6.30. The van der Waals surface area contributed by atoms with Crippen LogP contribution < -0.4 is 19.6 Å². The van der Waals surface area contributed by atoms with Crippen molar-refractivity contribution >= 4 is 23.7 Å². The molecule has 0 spiro atoms. The zero-order valence-corrected chi connectivity index (χ0v) is 22.7. The Labute approximate surface area is 240 Å².